The fraction of sp³-hybridized carbons (Fsp3) is 0.826. The molecule has 0 aromatic heterocycles. The molecule has 0 amide bonds. The summed E-state index contributed by atoms with van der Waals surface area (Å²) in [6.07, 6.45) is 19.6. The largest absolute Gasteiger partial charge is 0.357 e. The van der Waals surface area contributed by atoms with Crippen LogP contribution in [-0.4, -0.2) is 37.1 Å². The van der Waals surface area contributed by atoms with E-state index in [-0.39, 0.29) is 0 Å². The van der Waals surface area contributed by atoms with Crippen molar-refractivity contribution >= 4 is 12.1 Å². The van der Waals surface area contributed by atoms with Gasteiger partial charge in [0, 0.05) is 37.6 Å². The van der Waals surface area contributed by atoms with Crippen molar-refractivity contribution in [3.05, 3.63) is 11.3 Å². The average Bonchev–Trinajstić information content (AvgIpc) is 3.07. The minimum absolute atomic E-state index is 0.846. The monoisotopic (exact) mass is 357 g/mol. The predicted octanol–water partition coefficient (Wildman–Crippen LogP) is 6.01. The van der Waals surface area contributed by atoms with Gasteiger partial charge >= 0.3 is 0 Å². The second-order valence-electron chi connectivity index (χ2n) is 8.52. The SMILES string of the molecule is C/C=N/C1=C(C(=N\C)/N2CCCCCCC2)CCCC(C2CCCC2)C1. The first-order valence-corrected chi connectivity index (χ1v) is 11.3. The Balaban J connectivity index is 1.83. The van der Waals surface area contributed by atoms with Crippen LogP contribution in [0.1, 0.15) is 90.4 Å². The third kappa shape index (κ3) is 4.98. The molecule has 0 aromatic carbocycles. The number of rotatable bonds is 3. The molecule has 0 N–H and O–H groups in total. The molecule has 1 heterocycles. The summed E-state index contributed by atoms with van der Waals surface area (Å²) in [5.41, 5.74) is 2.82. The molecular weight excluding hydrogens is 318 g/mol. The molecule has 0 radical (unpaired) electrons. The lowest BCUT2D eigenvalue weighted by Gasteiger charge is -2.30. The average molecular weight is 358 g/mol. The van der Waals surface area contributed by atoms with Crippen LogP contribution in [0.3, 0.4) is 0 Å². The summed E-state index contributed by atoms with van der Waals surface area (Å²) in [6, 6.07) is 0. The Kier molecular flexibility index (Phi) is 7.76. The van der Waals surface area contributed by atoms with E-state index in [0.29, 0.717) is 0 Å². The van der Waals surface area contributed by atoms with Gasteiger partial charge in [-0.05, 0) is 57.3 Å². The highest BCUT2D eigenvalue weighted by molar-refractivity contribution is 5.99. The number of allylic oxidation sites excluding steroid dienone is 1. The lowest BCUT2D eigenvalue weighted by molar-refractivity contribution is 0.315. The molecule has 26 heavy (non-hydrogen) atoms. The second-order valence-corrected chi connectivity index (χ2v) is 8.52. The van der Waals surface area contributed by atoms with Crippen LogP contribution >= 0.6 is 0 Å². The molecule has 3 heteroatoms. The van der Waals surface area contributed by atoms with E-state index in [9.17, 15) is 0 Å². The topological polar surface area (TPSA) is 28.0 Å². The molecule has 1 atom stereocenters. The van der Waals surface area contributed by atoms with Gasteiger partial charge in [0.05, 0.1) is 0 Å². The van der Waals surface area contributed by atoms with Crippen LogP contribution in [0.5, 0.6) is 0 Å². The zero-order chi connectivity index (χ0) is 18.2. The van der Waals surface area contributed by atoms with Crippen molar-refractivity contribution in [2.75, 3.05) is 20.1 Å². The van der Waals surface area contributed by atoms with Crippen molar-refractivity contribution in [3.8, 4) is 0 Å². The summed E-state index contributed by atoms with van der Waals surface area (Å²) in [5.74, 6) is 3.05. The molecule has 0 spiro atoms. The Bertz CT molecular complexity index is 518. The van der Waals surface area contributed by atoms with Gasteiger partial charge in [0.25, 0.3) is 0 Å². The summed E-state index contributed by atoms with van der Waals surface area (Å²) in [6.45, 7) is 4.41. The van der Waals surface area contributed by atoms with Gasteiger partial charge in [-0.25, -0.2) is 0 Å². The van der Waals surface area contributed by atoms with Gasteiger partial charge < -0.3 is 4.90 Å². The minimum atomic E-state index is 0.846. The van der Waals surface area contributed by atoms with Gasteiger partial charge in [0.2, 0.25) is 0 Å². The van der Waals surface area contributed by atoms with Crippen molar-refractivity contribution in [3.63, 3.8) is 0 Å². The van der Waals surface area contributed by atoms with E-state index in [1.54, 1.807) is 0 Å². The molecule has 1 saturated carbocycles. The van der Waals surface area contributed by atoms with Crippen molar-refractivity contribution in [1.29, 1.82) is 0 Å². The van der Waals surface area contributed by atoms with Crippen LogP contribution in [0, 0.1) is 11.8 Å². The van der Waals surface area contributed by atoms with Crippen LogP contribution in [0.15, 0.2) is 21.3 Å². The van der Waals surface area contributed by atoms with Crippen molar-refractivity contribution in [2.45, 2.75) is 90.4 Å². The van der Waals surface area contributed by atoms with Crippen LogP contribution < -0.4 is 0 Å². The first-order valence-electron chi connectivity index (χ1n) is 11.3. The fourth-order valence-electron chi connectivity index (χ4n) is 5.44. The molecule has 1 unspecified atom stereocenters. The Morgan fingerprint density at radius 2 is 1.54 bits per heavy atom. The first-order chi connectivity index (χ1) is 12.8. The van der Waals surface area contributed by atoms with Crippen LogP contribution in [0.25, 0.3) is 0 Å². The maximum absolute atomic E-state index is 4.90. The van der Waals surface area contributed by atoms with Gasteiger partial charge in [-0.3, -0.25) is 9.98 Å². The maximum atomic E-state index is 4.90. The predicted molar refractivity (Wildman–Crippen MR) is 113 cm³/mol. The second kappa shape index (κ2) is 10.3. The smallest absolute Gasteiger partial charge is 0.128 e. The third-order valence-corrected chi connectivity index (χ3v) is 6.79. The van der Waals surface area contributed by atoms with Gasteiger partial charge in [0.1, 0.15) is 5.84 Å². The number of hydrogen-bond acceptors (Lipinski definition) is 2. The van der Waals surface area contributed by atoms with Crippen molar-refractivity contribution in [1.82, 2.24) is 4.90 Å². The summed E-state index contributed by atoms with van der Waals surface area (Å²) >= 11 is 0. The van der Waals surface area contributed by atoms with Crippen LogP contribution in [-0.2, 0) is 0 Å². The Morgan fingerprint density at radius 1 is 0.885 bits per heavy atom. The Morgan fingerprint density at radius 3 is 2.19 bits per heavy atom. The van der Waals surface area contributed by atoms with E-state index in [1.807, 2.05) is 13.3 Å². The lowest BCUT2D eigenvalue weighted by atomic mass is 9.85. The molecule has 146 valence electrons. The van der Waals surface area contributed by atoms with E-state index in [0.717, 1.165) is 11.8 Å². The molecule has 2 fully saturated rings. The van der Waals surface area contributed by atoms with E-state index < -0.39 is 0 Å². The minimum Gasteiger partial charge on any atom is -0.357 e. The normalized spacial score (nSPS) is 27.7. The zero-order valence-corrected chi connectivity index (χ0v) is 17.2. The molecule has 3 nitrogen and oxygen atoms in total. The Hall–Kier alpha value is -1.12. The van der Waals surface area contributed by atoms with Gasteiger partial charge in [0.15, 0.2) is 0 Å². The number of nitrogens with zero attached hydrogens (tertiary/aromatic N) is 3. The molecule has 1 aliphatic heterocycles. The molecule has 0 aromatic rings. The molecule has 0 bridgehead atoms. The highest BCUT2D eigenvalue weighted by atomic mass is 15.2. The summed E-state index contributed by atoms with van der Waals surface area (Å²) in [5, 5.41) is 0. The van der Waals surface area contributed by atoms with Gasteiger partial charge in [-0.1, -0.05) is 44.9 Å². The lowest BCUT2D eigenvalue weighted by Crippen LogP contribution is -2.35. The Labute approximate surface area is 161 Å². The number of amidine groups is 1. The van der Waals surface area contributed by atoms with Gasteiger partial charge in [-0.2, -0.15) is 0 Å². The molecule has 1 saturated heterocycles. The quantitative estimate of drug-likeness (QED) is 0.449. The number of likely N-dealkylation sites (tertiary alicyclic amines) is 1. The highest BCUT2D eigenvalue weighted by Crippen LogP contribution is 2.41. The van der Waals surface area contributed by atoms with E-state index in [2.05, 4.69) is 11.8 Å². The van der Waals surface area contributed by atoms with Crippen LogP contribution in [0.4, 0.5) is 0 Å². The third-order valence-electron chi connectivity index (χ3n) is 6.79. The van der Waals surface area contributed by atoms with E-state index in [4.69, 9.17) is 9.98 Å². The summed E-state index contributed by atoms with van der Waals surface area (Å²) in [7, 11) is 1.99. The summed E-state index contributed by atoms with van der Waals surface area (Å²) < 4.78 is 0. The first kappa shape index (κ1) is 19.6. The van der Waals surface area contributed by atoms with Crippen LogP contribution in [0.2, 0.25) is 0 Å². The molecular formula is C23H39N3. The highest BCUT2D eigenvalue weighted by Gasteiger charge is 2.30. The van der Waals surface area contributed by atoms with E-state index in [1.165, 1.54) is 114 Å². The number of aliphatic imine (C=N–C) groups is 2. The molecule has 3 rings (SSSR count). The zero-order valence-electron chi connectivity index (χ0n) is 17.2. The number of hydrogen-bond donors (Lipinski definition) is 0. The fourth-order valence-corrected chi connectivity index (χ4v) is 5.44. The van der Waals surface area contributed by atoms with Crippen molar-refractivity contribution < 1.29 is 0 Å². The molecule has 3 aliphatic rings. The van der Waals surface area contributed by atoms with E-state index >= 15 is 0 Å². The molecule has 2 aliphatic carbocycles. The standard InChI is InChI=1S/C23H39N3/c1-3-25-22-18-20(19-12-7-8-13-19)14-11-15-21(22)23(24-2)26-16-9-5-4-6-10-17-26/h3,19-20H,4-18H2,1-2H3/b24-23+,25-3+. The van der Waals surface area contributed by atoms with Gasteiger partial charge in [-0.15, -0.1) is 0 Å². The maximum Gasteiger partial charge on any atom is 0.128 e. The van der Waals surface area contributed by atoms with Crippen molar-refractivity contribution in [2.24, 2.45) is 21.8 Å². The summed E-state index contributed by atoms with van der Waals surface area (Å²) in [4.78, 5) is 12.3.